The van der Waals surface area contributed by atoms with Crippen LogP contribution >= 0.6 is 0 Å². The van der Waals surface area contributed by atoms with Gasteiger partial charge in [0.15, 0.2) is 5.82 Å². The molecule has 0 radical (unpaired) electrons. The van der Waals surface area contributed by atoms with E-state index < -0.39 is 0 Å². The molecule has 0 unspecified atom stereocenters. The molecule has 1 fully saturated rings. The van der Waals surface area contributed by atoms with Crippen LogP contribution in [-0.2, 0) is 0 Å². The number of aromatic amines is 1. The van der Waals surface area contributed by atoms with Crippen molar-refractivity contribution in [1.29, 1.82) is 0 Å². The minimum absolute atomic E-state index is 0.485. The van der Waals surface area contributed by atoms with Gasteiger partial charge >= 0.3 is 0 Å². The summed E-state index contributed by atoms with van der Waals surface area (Å²) in [4.78, 5) is 2.25. The summed E-state index contributed by atoms with van der Waals surface area (Å²) in [7, 11) is 2.11. The zero-order valence-corrected chi connectivity index (χ0v) is 16.6. The van der Waals surface area contributed by atoms with Gasteiger partial charge in [-0.25, -0.2) is 4.68 Å². The Kier molecular flexibility index (Phi) is 4.48. The number of aromatic nitrogens is 6. The number of hydrogen-bond donors (Lipinski definition) is 2. The molecule has 4 heterocycles. The zero-order valence-electron chi connectivity index (χ0n) is 16.6. The van der Waals surface area contributed by atoms with Gasteiger partial charge in [-0.05, 0) is 56.6 Å². The number of benzene rings is 1. The fourth-order valence-corrected chi connectivity index (χ4v) is 4.15. The third-order valence-corrected chi connectivity index (χ3v) is 5.78. The molecule has 29 heavy (non-hydrogen) atoms. The highest BCUT2D eigenvalue weighted by atomic mass is 15.3. The molecule has 0 saturated carbocycles. The van der Waals surface area contributed by atoms with E-state index in [4.69, 9.17) is 0 Å². The summed E-state index contributed by atoms with van der Waals surface area (Å²) in [5, 5.41) is 25.2. The molecule has 1 saturated heterocycles. The maximum absolute atomic E-state index is 4.53. The molecule has 8 nitrogen and oxygen atoms in total. The number of piperidine rings is 1. The van der Waals surface area contributed by atoms with Gasteiger partial charge in [0.2, 0.25) is 0 Å². The Morgan fingerprint density at radius 3 is 2.86 bits per heavy atom. The van der Waals surface area contributed by atoms with Crippen molar-refractivity contribution in [2.75, 3.05) is 18.5 Å². The largest absolute Gasteiger partial charge is 0.355 e. The van der Waals surface area contributed by atoms with Crippen molar-refractivity contribution in [3.05, 3.63) is 48.9 Å². The van der Waals surface area contributed by atoms with Gasteiger partial charge in [-0.1, -0.05) is 0 Å². The first-order valence-electron chi connectivity index (χ1n) is 9.97. The summed E-state index contributed by atoms with van der Waals surface area (Å²) in [6.45, 7) is 3.28. The minimum atomic E-state index is 0.485. The lowest BCUT2D eigenvalue weighted by Crippen LogP contribution is -2.45. The van der Waals surface area contributed by atoms with Crippen molar-refractivity contribution in [1.82, 2.24) is 35.5 Å². The maximum Gasteiger partial charge on any atom is 0.151 e. The second-order valence-electron chi connectivity index (χ2n) is 7.66. The Morgan fingerprint density at radius 1 is 1.17 bits per heavy atom. The number of nitrogens with zero attached hydrogens (tertiary/aromatic N) is 6. The van der Waals surface area contributed by atoms with Gasteiger partial charge in [0.25, 0.3) is 0 Å². The summed E-state index contributed by atoms with van der Waals surface area (Å²) in [6, 6.07) is 11.1. The van der Waals surface area contributed by atoms with Gasteiger partial charge in [-0.3, -0.25) is 5.10 Å². The van der Waals surface area contributed by atoms with Crippen LogP contribution in [-0.4, -0.2) is 55.9 Å². The number of fused-ring (bicyclic) bond motifs is 1. The van der Waals surface area contributed by atoms with Crippen molar-refractivity contribution in [3.63, 3.8) is 0 Å². The molecule has 2 N–H and O–H groups in total. The van der Waals surface area contributed by atoms with E-state index in [0.717, 1.165) is 53.1 Å². The van der Waals surface area contributed by atoms with Crippen LogP contribution in [0.15, 0.2) is 48.9 Å². The van der Waals surface area contributed by atoms with E-state index in [0.29, 0.717) is 12.1 Å². The van der Waals surface area contributed by atoms with E-state index in [-0.39, 0.29) is 0 Å². The number of anilines is 1. The fraction of sp³-hybridized carbons (Fsp3) is 0.333. The van der Waals surface area contributed by atoms with Gasteiger partial charge in [0, 0.05) is 42.5 Å². The van der Waals surface area contributed by atoms with Gasteiger partial charge in [0.05, 0.1) is 23.1 Å². The van der Waals surface area contributed by atoms with Crippen LogP contribution in [0.25, 0.3) is 27.8 Å². The Morgan fingerprint density at radius 2 is 2.10 bits per heavy atom. The normalized spacial score (nSPS) is 19.5. The first-order valence-corrected chi connectivity index (χ1v) is 9.97. The standard InChI is InChI=1S/C21H24N8/c1-14-12-15(8-10-22-14)28(2)20-7-5-18(25-26-20)16-4-6-19(29-11-3-9-24-29)17-13-23-27-21(16)17/h3-7,9,11,13-15,22H,8,10,12H2,1-2H3,(H,23,27)/t14-,15-/m0/s1. The summed E-state index contributed by atoms with van der Waals surface area (Å²) >= 11 is 0. The van der Waals surface area contributed by atoms with Crippen LogP contribution in [0.2, 0.25) is 0 Å². The number of rotatable bonds is 4. The molecule has 0 spiro atoms. The Bertz CT molecular complexity index is 1100. The van der Waals surface area contributed by atoms with Crippen LogP contribution in [0.4, 0.5) is 5.82 Å². The molecule has 1 aliphatic rings. The molecule has 5 rings (SSSR count). The number of nitrogens with one attached hydrogen (secondary N) is 2. The van der Waals surface area contributed by atoms with Crippen LogP contribution in [0, 0.1) is 0 Å². The fourth-order valence-electron chi connectivity index (χ4n) is 4.15. The monoisotopic (exact) mass is 388 g/mol. The van der Waals surface area contributed by atoms with Crippen molar-refractivity contribution >= 4 is 16.7 Å². The lowest BCUT2D eigenvalue weighted by Gasteiger charge is -2.35. The minimum Gasteiger partial charge on any atom is -0.355 e. The summed E-state index contributed by atoms with van der Waals surface area (Å²) < 4.78 is 1.84. The molecule has 2 atom stereocenters. The third-order valence-electron chi connectivity index (χ3n) is 5.78. The predicted molar refractivity (Wildman–Crippen MR) is 113 cm³/mol. The second-order valence-corrected chi connectivity index (χ2v) is 7.66. The van der Waals surface area contributed by atoms with Crippen molar-refractivity contribution < 1.29 is 0 Å². The van der Waals surface area contributed by atoms with E-state index in [1.54, 1.807) is 6.20 Å². The van der Waals surface area contributed by atoms with E-state index in [1.165, 1.54) is 0 Å². The van der Waals surface area contributed by atoms with E-state index in [9.17, 15) is 0 Å². The van der Waals surface area contributed by atoms with E-state index in [2.05, 4.69) is 55.7 Å². The lowest BCUT2D eigenvalue weighted by molar-refractivity contribution is 0.370. The van der Waals surface area contributed by atoms with Crippen molar-refractivity contribution in [2.24, 2.45) is 0 Å². The number of hydrogen-bond acceptors (Lipinski definition) is 6. The molecule has 8 heteroatoms. The van der Waals surface area contributed by atoms with Crippen molar-refractivity contribution in [3.8, 4) is 16.9 Å². The molecule has 3 aromatic heterocycles. The van der Waals surface area contributed by atoms with E-state index in [1.807, 2.05) is 41.3 Å². The predicted octanol–water partition coefficient (Wildman–Crippen LogP) is 2.78. The molecule has 1 aromatic carbocycles. The van der Waals surface area contributed by atoms with Gasteiger partial charge < -0.3 is 10.2 Å². The third kappa shape index (κ3) is 3.25. The molecule has 148 valence electrons. The second kappa shape index (κ2) is 7.29. The Hall–Kier alpha value is -3.26. The van der Waals surface area contributed by atoms with Gasteiger partial charge in [-0.15, -0.1) is 10.2 Å². The molecular formula is C21H24N8. The van der Waals surface area contributed by atoms with Crippen LogP contribution in [0.5, 0.6) is 0 Å². The molecule has 0 bridgehead atoms. The van der Waals surface area contributed by atoms with E-state index >= 15 is 0 Å². The average Bonchev–Trinajstić information content (AvgIpc) is 3.45. The zero-order chi connectivity index (χ0) is 19.8. The maximum atomic E-state index is 4.53. The topological polar surface area (TPSA) is 87.6 Å². The highest BCUT2D eigenvalue weighted by molar-refractivity contribution is 5.97. The molecule has 0 amide bonds. The highest BCUT2D eigenvalue weighted by Gasteiger charge is 2.23. The summed E-state index contributed by atoms with van der Waals surface area (Å²) in [5.74, 6) is 0.905. The van der Waals surface area contributed by atoms with Crippen LogP contribution in [0.3, 0.4) is 0 Å². The summed E-state index contributed by atoms with van der Waals surface area (Å²) in [5.41, 5.74) is 3.71. The highest BCUT2D eigenvalue weighted by Crippen LogP contribution is 2.30. The molecule has 4 aromatic rings. The Balaban J connectivity index is 1.45. The molecule has 1 aliphatic heterocycles. The van der Waals surface area contributed by atoms with Crippen LogP contribution < -0.4 is 10.2 Å². The number of H-pyrrole nitrogens is 1. The average molecular weight is 388 g/mol. The van der Waals surface area contributed by atoms with Gasteiger partial charge in [0.1, 0.15) is 0 Å². The smallest absolute Gasteiger partial charge is 0.151 e. The first-order chi connectivity index (χ1) is 14.2. The van der Waals surface area contributed by atoms with Crippen LogP contribution in [0.1, 0.15) is 19.8 Å². The molecular weight excluding hydrogens is 364 g/mol. The first kappa shape index (κ1) is 17.8. The quantitative estimate of drug-likeness (QED) is 0.559. The SMILES string of the molecule is C[C@H]1C[C@@H](N(C)c2ccc(-c3ccc(-n4cccn4)c4cn[nH]c34)nn2)CCN1. The van der Waals surface area contributed by atoms with Gasteiger partial charge in [-0.2, -0.15) is 10.2 Å². The lowest BCUT2D eigenvalue weighted by atomic mass is 9.99. The molecule has 0 aliphatic carbocycles. The summed E-state index contributed by atoms with van der Waals surface area (Å²) in [6.07, 6.45) is 7.75. The van der Waals surface area contributed by atoms with Crippen molar-refractivity contribution in [2.45, 2.75) is 31.8 Å². The Labute approximate surface area is 168 Å².